The van der Waals surface area contributed by atoms with Crippen molar-refractivity contribution in [3.05, 3.63) is 51.6 Å². The van der Waals surface area contributed by atoms with Crippen LogP contribution in [0.3, 0.4) is 0 Å². The lowest BCUT2D eigenvalue weighted by molar-refractivity contribution is -0.329. The number of phenolic OH excluding ortho intramolecular Hbond substituents is 2. The van der Waals surface area contributed by atoms with Crippen molar-refractivity contribution in [2.45, 2.75) is 107 Å². The Balaban J connectivity index is 1.33. The van der Waals surface area contributed by atoms with E-state index >= 15 is 0 Å². The number of hydrogen-bond acceptors (Lipinski definition) is 15. The number of benzene rings is 2. The molecule has 6 rings (SSSR count). The standard InChI is InChI=1S/C33H39NO14/c1-11-24(36)29(41)30(42)32(46-11)48-31-12(2)45-19(8-16(31)34)47-18-10-33(43,13(3)35)9-15-21(18)28(40)23-22(26(15)38)25(37)14-6-5-7-17(44-4)20(14)27(23)39/h5-7,11-12,16,18-19,24,29-32,36,38,40-43H,8-10,34H2,1-4H3/t11?,12?,16?,18-,19?,24?,29?,30?,31?,32?,33-/m0/s1. The average Bonchev–Trinajstić information content (AvgIpc) is 3.03. The summed E-state index contributed by atoms with van der Waals surface area (Å²) in [4.78, 5) is 40.2. The van der Waals surface area contributed by atoms with Crippen molar-refractivity contribution in [3.8, 4) is 17.2 Å². The molecular weight excluding hydrogens is 634 g/mol. The van der Waals surface area contributed by atoms with Crippen LogP contribution < -0.4 is 10.5 Å². The lowest BCUT2D eigenvalue weighted by Gasteiger charge is -2.45. The number of rotatable bonds is 6. The number of aliphatic hydroxyl groups excluding tert-OH is 3. The number of Topliss-reactive ketones (excluding diaryl/α,β-unsaturated/α-hetero) is 1. The van der Waals surface area contributed by atoms with Crippen LogP contribution in [-0.2, 0) is 30.2 Å². The van der Waals surface area contributed by atoms with Gasteiger partial charge in [0, 0.05) is 42.0 Å². The van der Waals surface area contributed by atoms with Crippen molar-refractivity contribution in [3.63, 3.8) is 0 Å². The van der Waals surface area contributed by atoms with Gasteiger partial charge in [-0.1, -0.05) is 12.1 Å². The predicted molar refractivity (Wildman–Crippen MR) is 162 cm³/mol. The Morgan fingerprint density at radius 1 is 0.938 bits per heavy atom. The first-order chi connectivity index (χ1) is 22.6. The maximum absolute atomic E-state index is 13.8. The highest BCUT2D eigenvalue weighted by Gasteiger charge is 2.50. The third-order valence-electron chi connectivity index (χ3n) is 9.86. The summed E-state index contributed by atoms with van der Waals surface area (Å²) in [5.41, 5.74) is 3.06. The third kappa shape index (κ3) is 5.39. The highest BCUT2D eigenvalue weighted by Crippen LogP contribution is 2.52. The topological polar surface area (TPSA) is 245 Å². The van der Waals surface area contributed by atoms with Gasteiger partial charge in [0.2, 0.25) is 5.78 Å². The zero-order valence-electron chi connectivity index (χ0n) is 26.7. The molecule has 2 aliphatic carbocycles. The molecule has 15 nitrogen and oxygen atoms in total. The molecule has 48 heavy (non-hydrogen) atoms. The minimum absolute atomic E-state index is 0.0391. The highest BCUT2D eigenvalue weighted by atomic mass is 16.7. The molecule has 0 aromatic heterocycles. The molecule has 0 spiro atoms. The minimum atomic E-state index is -2.08. The molecule has 15 heteroatoms. The number of aromatic hydroxyl groups is 2. The Kier molecular flexibility index (Phi) is 8.89. The molecule has 11 atom stereocenters. The van der Waals surface area contributed by atoms with Crippen molar-refractivity contribution in [2.24, 2.45) is 5.73 Å². The maximum Gasteiger partial charge on any atom is 0.202 e. The van der Waals surface area contributed by atoms with E-state index in [0.717, 1.165) is 6.92 Å². The predicted octanol–water partition coefficient (Wildman–Crippen LogP) is -0.119. The Labute approximate surface area is 274 Å². The number of hydrogen-bond donors (Lipinski definition) is 7. The number of phenols is 2. The first-order valence-electron chi connectivity index (χ1n) is 15.6. The zero-order valence-corrected chi connectivity index (χ0v) is 26.7. The number of fused-ring (bicyclic) bond motifs is 3. The molecule has 0 amide bonds. The fourth-order valence-corrected chi connectivity index (χ4v) is 7.14. The number of methoxy groups -OCH3 is 1. The summed E-state index contributed by atoms with van der Waals surface area (Å²) >= 11 is 0. The lowest BCUT2D eigenvalue weighted by Crippen LogP contribution is -2.61. The van der Waals surface area contributed by atoms with Gasteiger partial charge in [-0.2, -0.15) is 0 Å². The van der Waals surface area contributed by atoms with E-state index in [1.165, 1.54) is 32.2 Å². The molecule has 0 radical (unpaired) electrons. The van der Waals surface area contributed by atoms with Gasteiger partial charge >= 0.3 is 0 Å². The van der Waals surface area contributed by atoms with Crippen LogP contribution in [0.25, 0.3) is 0 Å². The Morgan fingerprint density at radius 3 is 2.27 bits per heavy atom. The number of aliphatic hydroxyl groups is 4. The maximum atomic E-state index is 13.8. The first-order valence-corrected chi connectivity index (χ1v) is 15.6. The van der Waals surface area contributed by atoms with Gasteiger partial charge in [-0.3, -0.25) is 14.4 Å². The smallest absolute Gasteiger partial charge is 0.202 e. The van der Waals surface area contributed by atoms with Crippen molar-refractivity contribution in [2.75, 3.05) is 7.11 Å². The van der Waals surface area contributed by atoms with E-state index in [-0.39, 0.29) is 34.4 Å². The second-order valence-electron chi connectivity index (χ2n) is 12.9. The largest absolute Gasteiger partial charge is 0.507 e. The van der Waals surface area contributed by atoms with Gasteiger partial charge in [-0.25, -0.2) is 0 Å². The van der Waals surface area contributed by atoms with Crippen LogP contribution in [-0.4, -0.2) is 116 Å². The summed E-state index contributed by atoms with van der Waals surface area (Å²) in [5.74, 6) is -3.43. The van der Waals surface area contributed by atoms with E-state index in [9.17, 15) is 45.0 Å². The van der Waals surface area contributed by atoms with Crippen molar-refractivity contribution >= 4 is 17.3 Å². The van der Waals surface area contributed by atoms with Crippen LogP contribution in [0.15, 0.2) is 18.2 Å². The summed E-state index contributed by atoms with van der Waals surface area (Å²) in [5, 5.41) is 65.2. The Hall–Kier alpha value is -3.51. The molecule has 8 N–H and O–H groups in total. The summed E-state index contributed by atoms with van der Waals surface area (Å²) in [7, 11) is 1.32. The Bertz CT molecular complexity index is 1650. The van der Waals surface area contributed by atoms with Crippen LogP contribution in [0, 0.1) is 0 Å². The molecule has 2 fully saturated rings. The average molecular weight is 674 g/mol. The van der Waals surface area contributed by atoms with Gasteiger partial charge in [-0.05, 0) is 26.8 Å². The highest BCUT2D eigenvalue weighted by molar-refractivity contribution is 6.31. The first kappa shape index (κ1) is 34.4. The van der Waals surface area contributed by atoms with Gasteiger partial charge in [-0.15, -0.1) is 0 Å². The fraction of sp³-hybridized carbons (Fsp3) is 0.545. The normalized spacial score (nSPS) is 36.2. The van der Waals surface area contributed by atoms with E-state index in [1.54, 1.807) is 6.92 Å². The number of ether oxygens (including phenoxy) is 5. The number of ketones is 3. The number of carbonyl (C=O) groups excluding carboxylic acids is 3. The lowest BCUT2D eigenvalue weighted by atomic mass is 9.72. The molecule has 4 aliphatic rings. The van der Waals surface area contributed by atoms with Crippen molar-refractivity contribution < 1.29 is 68.7 Å². The van der Waals surface area contributed by atoms with E-state index in [1.807, 2.05) is 0 Å². The molecule has 0 bridgehead atoms. The molecule has 2 aliphatic heterocycles. The molecule has 2 heterocycles. The molecule has 2 saturated heterocycles. The zero-order chi connectivity index (χ0) is 35.0. The second kappa shape index (κ2) is 12.4. The van der Waals surface area contributed by atoms with Crippen LogP contribution in [0.4, 0.5) is 0 Å². The monoisotopic (exact) mass is 673 g/mol. The van der Waals surface area contributed by atoms with E-state index in [4.69, 9.17) is 29.4 Å². The van der Waals surface area contributed by atoms with Gasteiger partial charge in [0.05, 0.1) is 42.1 Å². The fourth-order valence-electron chi connectivity index (χ4n) is 7.14. The second-order valence-corrected chi connectivity index (χ2v) is 12.9. The summed E-state index contributed by atoms with van der Waals surface area (Å²) < 4.78 is 29.0. The Morgan fingerprint density at radius 2 is 1.62 bits per heavy atom. The quantitative estimate of drug-likeness (QED) is 0.169. The molecule has 2 aromatic rings. The van der Waals surface area contributed by atoms with Gasteiger partial charge in [0.1, 0.15) is 47.3 Å². The van der Waals surface area contributed by atoms with Crippen LogP contribution in [0.5, 0.6) is 17.2 Å². The summed E-state index contributed by atoms with van der Waals surface area (Å²) in [6.07, 6.45) is -11.7. The van der Waals surface area contributed by atoms with Crippen LogP contribution in [0.1, 0.15) is 82.7 Å². The van der Waals surface area contributed by atoms with Crippen molar-refractivity contribution in [1.82, 2.24) is 0 Å². The SMILES string of the molecule is COc1cccc2c1C(=O)c1c(O)c3c(c(O)c1C2=O)C[C@@](O)(C(C)=O)C[C@@H]3OC1CC(N)C(OC2OC(C)C(O)C(O)C2O)C(C)O1. The van der Waals surface area contributed by atoms with E-state index < -0.39 is 120 Å². The number of nitrogens with two attached hydrogens (primary N) is 1. The summed E-state index contributed by atoms with van der Waals surface area (Å²) in [6.45, 7) is 4.28. The molecule has 0 saturated carbocycles. The minimum Gasteiger partial charge on any atom is -0.507 e. The molecule has 260 valence electrons. The molecule has 2 aromatic carbocycles. The van der Waals surface area contributed by atoms with Gasteiger partial charge < -0.3 is 60.1 Å². The van der Waals surface area contributed by atoms with Crippen LogP contribution in [0.2, 0.25) is 0 Å². The third-order valence-corrected chi connectivity index (χ3v) is 9.86. The van der Waals surface area contributed by atoms with Crippen molar-refractivity contribution in [1.29, 1.82) is 0 Å². The van der Waals surface area contributed by atoms with E-state index in [0.29, 0.717) is 0 Å². The van der Waals surface area contributed by atoms with E-state index in [2.05, 4.69) is 0 Å². The molecule has 9 unspecified atom stereocenters. The molecular formula is C33H39NO14. The summed E-state index contributed by atoms with van der Waals surface area (Å²) in [6, 6.07) is 3.57. The number of carbonyl (C=O) groups is 3. The van der Waals surface area contributed by atoms with Gasteiger partial charge in [0.25, 0.3) is 0 Å². The van der Waals surface area contributed by atoms with Crippen LogP contribution >= 0.6 is 0 Å². The van der Waals surface area contributed by atoms with Gasteiger partial charge in [0.15, 0.2) is 24.1 Å².